The molecule has 0 amide bonds. The van der Waals surface area contributed by atoms with Gasteiger partial charge in [0.2, 0.25) is 6.79 Å². The van der Waals surface area contributed by atoms with E-state index in [-0.39, 0.29) is 6.79 Å². The number of thiazole rings is 1. The van der Waals surface area contributed by atoms with Gasteiger partial charge in [-0.3, -0.25) is 0 Å². The summed E-state index contributed by atoms with van der Waals surface area (Å²) in [6, 6.07) is 14.4. The first-order valence-electron chi connectivity index (χ1n) is 9.53. The van der Waals surface area contributed by atoms with Crippen LogP contribution in [-0.4, -0.2) is 18.4 Å². The van der Waals surface area contributed by atoms with E-state index in [4.69, 9.17) is 19.2 Å². The average Bonchev–Trinajstić information content (AvgIpc) is 3.38. The van der Waals surface area contributed by atoms with Crippen LogP contribution >= 0.6 is 11.3 Å². The third-order valence-electron chi connectivity index (χ3n) is 4.52. The van der Waals surface area contributed by atoms with E-state index in [0.717, 1.165) is 53.9 Å². The molecule has 5 nitrogen and oxygen atoms in total. The molecule has 3 aromatic rings. The van der Waals surface area contributed by atoms with Gasteiger partial charge in [0.25, 0.3) is 0 Å². The van der Waals surface area contributed by atoms with E-state index in [0.29, 0.717) is 6.61 Å². The van der Waals surface area contributed by atoms with Gasteiger partial charge in [0.15, 0.2) is 11.5 Å². The normalized spacial score (nSPS) is 12.5. The predicted octanol–water partition coefficient (Wildman–Crippen LogP) is 4.76. The second-order valence-electron chi connectivity index (χ2n) is 6.64. The number of ether oxygens (including phenoxy) is 3. The zero-order valence-corrected chi connectivity index (χ0v) is 16.8. The first-order valence-corrected chi connectivity index (χ1v) is 10.4. The van der Waals surface area contributed by atoms with Crippen LogP contribution in [-0.2, 0) is 24.4 Å². The molecule has 0 aliphatic carbocycles. The van der Waals surface area contributed by atoms with E-state index >= 15 is 0 Å². The molecule has 0 bridgehead atoms. The summed E-state index contributed by atoms with van der Waals surface area (Å²) in [6.07, 6.45) is 1.04. The van der Waals surface area contributed by atoms with E-state index in [1.165, 1.54) is 11.1 Å². The van der Waals surface area contributed by atoms with E-state index in [2.05, 4.69) is 41.9 Å². The molecule has 0 radical (unpaired) electrons. The highest BCUT2D eigenvalue weighted by molar-refractivity contribution is 7.13. The Morgan fingerprint density at radius 3 is 2.82 bits per heavy atom. The Hall–Kier alpha value is -2.41. The number of hydrogen-bond acceptors (Lipinski definition) is 6. The second kappa shape index (κ2) is 9.19. The zero-order chi connectivity index (χ0) is 19.2. The van der Waals surface area contributed by atoms with Gasteiger partial charge < -0.3 is 19.5 Å². The number of nitrogens with zero attached hydrogens (tertiary/aromatic N) is 1. The molecule has 28 heavy (non-hydrogen) atoms. The van der Waals surface area contributed by atoms with Gasteiger partial charge in [0.1, 0.15) is 5.01 Å². The molecular weight excluding hydrogens is 372 g/mol. The maximum absolute atomic E-state index is 5.70. The van der Waals surface area contributed by atoms with Crippen molar-refractivity contribution in [2.45, 2.75) is 33.0 Å². The third-order valence-corrected chi connectivity index (χ3v) is 5.46. The monoisotopic (exact) mass is 396 g/mol. The van der Waals surface area contributed by atoms with Gasteiger partial charge in [0, 0.05) is 30.6 Å². The minimum atomic E-state index is 0.288. The molecule has 0 atom stereocenters. The molecule has 0 fully saturated rings. The van der Waals surface area contributed by atoms with Gasteiger partial charge in [-0.1, -0.05) is 31.2 Å². The van der Waals surface area contributed by atoms with Gasteiger partial charge >= 0.3 is 0 Å². The van der Waals surface area contributed by atoms with Crippen LogP contribution in [0.3, 0.4) is 0 Å². The summed E-state index contributed by atoms with van der Waals surface area (Å²) in [5, 5.41) is 6.59. The molecule has 1 N–H and O–H groups in total. The van der Waals surface area contributed by atoms with Crippen molar-refractivity contribution in [3.8, 4) is 22.1 Å². The zero-order valence-electron chi connectivity index (χ0n) is 15.9. The summed E-state index contributed by atoms with van der Waals surface area (Å²) < 4.78 is 16.5. The molecule has 1 aliphatic rings. The van der Waals surface area contributed by atoms with Gasteiger partial charge in [-0.15, -0.1) is 11.3 Å². The molecule has 2 heterocycles. The number of nitrogens with one attached hydrogen (secondary N) is 1. The Kier molecular flexibility index (Phi) is 6.21. The maximum atomic E-state index is 5.70. The van der Waals surface area contributed by atoms with Crippen LogP contribution in [0.25, 0.3) is 10.6 Å². The quantitative estimate of drug-likeness (QED) is 0.529. The Morgan fingerprint density at radius 2 is 1.93 bits per heavy atom. The molecular formula is C22H24N2O3S. The lowest BCUT2D eigenvalue weighted by Crippen LogP contribution is -2.14. The minimum Gasteiger partial charge on any atom is -0.454 e. The van der Waals surface area contributed by atoms with Gasteiger partial charge in [0.05, 0.1) is 12.3 Å². The van der Waals surface area contributed by atoms with Crippen molar-refractivity contribution in [3.63, 3.8) is 0 Å². The largest absolute Gasteiger partial charge is 0.454 e. The summed E-state index contributed by atoms with van der Waals surface area (Å²) in [5.41, 5.74) is 4.60. The van der Waals surface area contributed by atoms with Crippen molar-refractivity contribution >= 4 is 11.3 Å². The smallest absolute Gasteiger partial charge is 0.231 e. The lowest BCUT2D eigenvalue weighted by atomic mass is 10.1. The fourth-order valence-electron chi connectivity index (χ4n) is 3.07. The van der Waals surface area contributed by atoms with E-state index < -0.39 is 0 Å². The minimum absolute atomic E-state index is 0.288. The van der Waals surface area contributed by atoms with Crippen LogP contribution in [0.5, 0.6) is 11.5 Å². The standard InChI is InChI=1S/C22H24N2O3S/c1-2-9-25-13-18-6-4-3-5-17(18)11-23-12-19-14-28-22(24-19)16-7-8-20-21(10-16)27-15-26-20/h3-8,10,14,23H,2,9,11-13,15H2,1H3. The number of fused-ring (bicyclic) bond motifs is 1. The fraction of sp³-hybridized carbons (Fsp3) is 0.318. The van der Waals surface area contributed by atoms with E-state index in [1.54, 1.807) is 11.3 Å². The van der Waals surface area contributed by atoms with Crippen LogP contribution in [0.1, 0.15) is 30.2 Å². The lowest BCUT2D eigenvalue weighted by Gasteiger charge is -2.10. The van der Waals surface area contributed by atoms with Gasteiger partial charge in [-0.2, -0.15) is 0 Å². The first kappa shape index (κ1) is 18.9. The Bertz CT molecular complexity index is 926. The molecule has 1 aliphatic heterocycles. The van der Waals surface area contributed by atoms with Crippen LogP contribution in [0, 0.1) is 0 Å². The topological polar surface area (TPSA) is 52.6 Å². The summed E-state index contributed by atoms with van der Waals surface area (Å²) >= 11 is 1.64. The van der Waals surface area contributed by atoms with E-state index in [1.807, 2.05) is 18.2 Å². The number of hydrogen-bond donors (Lipinski definition) is 1. The number of benzene rings is 2. The van der Waals surface area contributed by atoms with Crippen molar-refractivity contribution < 1.29 is 14.2 Å². The van der Waals surface area contributed by atoms with Crippen molar-refractivity contribution in [2.24, 2.45) is 0 Å². The predicted molar refractivity (Wildman–Crippen MR) is 111 cm³/mol. The molecule has 0 saturated carbocycles. The Balaban J connectivity index is 1.34. The molecule has 0 spiro atoms. The summed E-state index contributed by atoms with van der Waals surface area (Å²) in [5.74, 6) is 1.58. The Morgan fingerprint density at radius 1 is 1.07 bits per heavy atom. The molecule has 2 aromatic carbocycles. The van der Waals surface area contributed by atoms with Crippen LogP contribution < -0.4 is 14.8 Å². The Labute approximate surface area is 169 Å². The summed E-state index contributed by atoms with van der Waals surface area (Å²) in [7, 11) is 0. The highest BCUT2D eigenvalue weighted by Crippen LogP contribution is 2.36. The van der Waals surface area contributed by atoms with Crippen LogP contribution in [0.2, 0.25) is 0 Å². The molecule has 0 saturated heterocycles. The molecule has 6 heteroatoms. The molecule has 0 unspecified atom stereocenters. The molecule has 146 valence electrons. The molecule has 1 aromatic heterocycles. The highest BCUT2D eigenvalue weighted by atomic mass is 32.1. The first-order chi connectivity index (χ1) is 13.8. The SMILES string of the molecule is CCCOCc1ccccc1CNCc1csc(-c2ccc3c(c2)OCO3)n1. The number of aromatic nitrogens is 1. The third kappa shape index (κ3) is 4.52. The summed E-state index contributed by atoms with van der Waals surface area (Å²) in [4.78, 5) is 4.76. The van der Waals surface area contributed by atoms with E-state index in [9.17, 15) is 0 Å². The van der Waals surface area contributed by atoms with Gasteiger partial charge in [-0.05, 0) is 35.7 Å². The second-order valence-corrected chi connectivity index (χ2v) is 7.49. The maximum Gasteiger partial charge on any atom is 0.231 e. The van der Waals surface area contributed by atoms with Crippen molar-refractivity contribution in [1.82, 2.24) is 10.3 Å². The molecule has 4 rings (SSSR count). The fourth-order valence-corrected chi connectivity index (χ4v) is 3.89. The van der Waals surface area contributed by atoms with Crippen LogP contribution in [0.4, 0.5) is 0 Å². The number of rotatable bonds is 9. The van der Waals surface area contributed by atoms with Crippen molar-refractivity contribution in [2.75, 3.05) is 13.4 Å². The lowest BCUT2D eigenvalue weighted by molar-refractivity contribution is 0.121. The van der Waals surface area contributed by atoms with Crippen LogP contribution in [0.15, 0.2) is 47.8 Å². The van der Waals surface area contributed by atoms with Crippen molar-refractivity contribution in [3.05, 3.63) is 64.7 Å². The highest BCUT2D eigenvalue weighted by Gasteiger charge is 2.15. The van der Waals surface area contributed by atoms with Gasteiger partial charge in [-0.25, -0.2) is 4.98 Å². The van der Waals surface area contributed by atoms with Crippen molar-refractivity contribution in [1.29, 1.82) is 0 Å². The summed E-state index contributed by atoms with van der Waals surface area (Å²) in [6.45, 7) is 5.39. The average molecular weight is 397 g/mol.